The molecule has 0 aliphatic carbocycles. The standard InChI is InChI=1S/C22H26FN5O2/c1-3-6-14-8-9-15(23)13-16(14)17-7-5-11-27(17)18-10-12-28-21(25-18)19(20(24)26-28)22(29)30-4-2/h8-10,12-13,17H,3-7,11H2,1-2H3,(H2,24,26). The first-order valence-corrected chi connectivity index (χ1v) is 10.4. The number of anilines is 2. The fourth-order valence-electron chi connectivity index (χ4n) is 4.23. The molecule has 1 aliphatic heterocycles. The number of ether oxygens (including phenoxy) is 1. The van der Waals surface area contributed by atoms with E-state index in [4.69, 9.17) is 15.5 Å². The average molecular weight is 411 g/mol. The molecule has 0 bridgehead atoms. The first kappa shape index (κ1) is 20.1. The minimum atomic E-state index is -0.539. The van der Waals surface area contributed by atoms with Crippen LogP contribution >= 0.6 is 0 Å². The molecule has 1 aromatic carbocycles. The number of nitrogens with zero attached hydrogens (tertiary/aromatic N) is 4. The molecule has 1 fully saturated rings. The minimum absolute atomic E-state index is 0.0310. The number of carbonyl (C=O) groups excluding carboxylic acids is 1. The van der Waals surface area contributed by atoms with Gasteiger partial charge >= 0.3 is 5.97 Å². The number of benzene rings is 1. The van der Waals surface area contributed by atoms with E-state index >= 15 is 0 Å². The van der Waals surface area contributed by atoms with Gasteiger partial charge in [-0.3, -0.25) is 0 Å². The number of nitrogens with two attached hydrogens (primary N) is 1. The molecule has 7 nitrogen and oxygen atoms in total. The van der Waals surface area contributed by atoms with Gasteiger partial charge in [0.25, 0.3) is 0 Å². The van der Waals surface area contributed by atoms with Crippen LogP contribution in [-0.4, -0.2) is 33.7 Å². The molecule has 1 saturated heterocycles. The van der Waals surface area contributed by atoms with Crippen molar-refractivity contribution in [2.45, 2.75) is 45.6 Å². The van der Waals surface area contributed by atoms with Gasteiger partial charge in [-0.2, -0.15) is 0 Å². The Morgan fingerprint density at radius 2 is 2.17 bits per heavy atom. The van der Waals surface area contributed by atoms with Gasteiger partial charge < -0.3 is 15.4 Å². The first-order chi connectivity index (χ1) is 14.5. The molecule has 4 rings (SSSR count). The molecular formula is C22H26FN5O2. The Kier molecular flexibility index (Phi) is 5.57. The fourth-order valence-corrected chi connectivity index (χ4v) is 4.23. The molecule has 2 N–H and O–H groups in total. The molecule has 8 heteroatoms. The summed E-state index contributed by atoms with van der Waals surface area (Å²) >= 11 is 0. The van der Waals surface area contributed by atoms with E-state index in [0.29, 0.717) is 11.5 Å². The number of esters is 1. The molecule has 158 valence electrons. The summed E-state index contributed by atoms with van der Waals surface area (Å²) in [6.07, 6.45) is 5.53. The maximum absolute atomic E-state index is 14.1. The highest BCUT2D eigenvalue weighted by Crippen LogP contribution is 2.37. The number of nitrogen functional groups attached to an aromatic ring is 1. The van der Waals surface area contributed by atoms with E-state index in [0.717, 1.165) is 43.4 Å². The van der Waals surface area contributed by atoms with Gasteiger partial charge in [0.2, 0.25) is 0 Å². The predicted octanol–water partition coefficient (Wildman–Crippen LogP) is 3.92. The van der Waals surface area contributed by atoms with Gasteiger partial charge in [-0.15, -0.1) is 5.10 Å². The molecule has 1 aliphatic rings. The van der Waals surface area contributed by atoms with Crippen molar-refractivity contribution in [3.63, 3.8) is 0 Å². The molecule has 1 unspecified atom stereocenters. The molecule has 0 amide bonds. The topological polar surface area (TPSA) is 85.8 Å². The van der Waals surface area contributed by atoms with Crippen LogP contribution in [0.5, 0.6) is 0 Å². The zero-order valence-electron chi connectivity index (χ0n) is 17.3. The van der Waals surface area contributed by atoms with Crippen LogP contribution in [0.15, 0.2) is 30.5 Å². The van der Waals surface area contributed by atoms with Crippen LogP contribution in [0.3, 0.4) is 0 Å². The van der Waals surface area contributed by atoms with Gasteiger partial charge in [-0.1, -0.05) is 19.4 Å². The van der Waals surface area contributed by atoms with E-state index in [2.05, 4.69) is 16.9 Å². The summed E-state index contributed by atoms with van der Waals surface area (Å²) in [5.74, 6) is 0.0323. The number of carbonyl (C=O) groups is 1. The Morgan fingerprint density at radius 1 is 1.33 bits per heavy atom. The zero-order chi connectivity index (χ0) is 21.3. The van der Waals surface area contributed by atoms with Gasteiger partial charge in [0.1, 0.15) is 17.2 Å². The maximum Gasteiger partial charge on any atom is 0.345 e. The smallest absolute Gasteiger partial charge is 0.345 e. The average Bonchev–Trinajstić information content (AvgIpc) is 3.32. The van der Waals surface area contributed by atoms with Crippen molar-refractivity contribution in [2.75, 3.05) is 23.8 Å². The molecule has 3 heterocycles. The summed E-state index contributed by atoms with van der Waals surface area (Å²) in [5.41, 5.74) is 8.66. The van der Waals surface area contributed by atoms with Gasteiger partial charge in [-0.25, -0.2) is 18.7 Å². The van der Waals surface area contributed by atoms with Crippen LogP contribution < -0.4 is 10.6 Å². The third-order valence-electron chi connectivity index (χ3n) is 5.51. The van der Waals surface area contributed by atoms with Gasteiger partial charge in [0, 0.05) is 12.7 Å². The second-order valence-corrected chi connectivity index (χ2v) is 7.48. The van der Waals surface area contributed by atoms with Gasteiger partial charge in [0.15, 0.2) is 11.5 Å². The lowest BCUT2D eigenvalue weighted by Gasteiger charge is -2.28. The molecule has 2 aromatic heterocycles. The predicted molar refractivity (Wildman–Crippen MR) is 113 cm³/mol. The Balaban J connectivity index is 1.76. The Morgan fingerprint density at radius 3 is 2.93 bits per heavy atom. The van der Waals surface area contributed by atoms with Crippen molar-refractivity contribution in [3.8, 4) is 0 Å². The number of hydrogen-bond donors (Lipinski definition) is 1. The largest absolute Gasteiger partial charge is 0.462 e. The summed E-state index contributed by atoms with van der Waals surface area (Å²) < 4.78 is 20.7. The first-order valence-electron chi connectivity index (χ1n) is 10.4. The van der Waals surface area contributed by atoms with Crippen LogP contribution in [0, 0.1) is 5.82 Å². The molecule has 0 saturated carbocycles. The van der Waals surface area contributed by atoms with Crippen molar-refractivity contribution >= 4 is 23.3 Å². The second kappa shape index (κ2) is 8.30. The molecule has 30 heavy (non-hydrogen) atoms. The summed E-state index contributed by atoms with van der Waals surface area (Å²) in [6.45, 7) is 4.90. The number of halogens is 1. The number of aromatic nitrogens is 3. The van der Waals surface area contributed by atoms with E-state index in [1.807, 2.05) is 12.1 Å². The number of rotatable bonds is 6. The molecule has 0 radical (unpaired) electrons. The summed E-state index contributed by atoms with van der Waals surface area (Å²) in [6, 6.07) is 6.94. The normalized spacial score (nSPS) is 16.4. The van der Waals surface area contributed by atoms with E-state index in [1.54, 1.807) is 19.2 Å². The van der Waals surface area contributed by atoms with Crippen molar-refractivity contribution in [2.24, 2.45) is 0 Å². The van der Waals surface area contributed by atoms with Crippen molar-refractivity contribution < 1.29 is 13.9 Å². The van der Waals surface area contributed by atoms with Crippen molar-refractivity contribution in [1.82, 2.24) is 14.6 Å². The van der Waals surface area contributed by atoms with E-state index in [-0.39, 0.29) is 29.8 Å². The van der Waals surface area contributed by atoms with Crippen LogP contribution in [0.4, 0.5) is 16.0 Å². The van der Waals surface area contributed by atoms with Crippen molar-refractivity contribution in [1.29, 1.82) is 0 Å². The molecule has 0 spiro atoms. The Hall–Kier alpha value is -3.16. The van der Waals surface area contributed by atoms with E-state index in [9.17, 15) is 9.18 Å². The highest BCUT2D eigenvalue weighted by Gasteiger charge is 2.30. The third kappa shape index (κ3) is 3.58. The van der Waals surface area contributed by atoms with Crippen LogP contribution in [-0.2, 0) is 11.2 Å². The summed E-state index contributed by atoms with van der Waals surface area (Å²) in [4.78, 5) is 19.2. The molecular weight excluding hydrogens is 385 g/mol. The summed E-state index contributed by atoms with van der Waals surface area (Å²) in [5, 5.41) is 4.17. The summed E-state index contributed by atoms with van der Waals surface area (Å²) in [7, 11) is 0. The lowest BCUT2D eigenvalue weighted by Crippen LogP contribution is -2.25. The van der Waals surface area contributed by atoms with E-state index < -0.39 is 5.97 Å². The SMILES string of the molecule is CCCc1ccc(F)cc1C1CCCN1c1ccn2nc(N)c(C(=O)OCC)c2n1. The lowest BCUT2D eigenvalue weighted by molar-refractivity contribution is 0.0529. The number of hydrogen-bond acceptors (Lipinski definition) is 6. The Bertz CT molecular complexity index is 1080. The monoisotopic (exact) mass is 411 g/mol. The zero-order valence-corrected chi connectivity index (χ0v) is 17.3. The minimum Gasteiger partial charge on any atom is -0.462 e. The van der Waals surface area contributed by atoms with Gasteiger partial charge in [-0.05, 0) is 55.5 Å². The number of aryl methyl sites for hydroxylation is 1. The van der Waals surface area contributed by atoms with Gasteiger partial charge in [0.05, 0.1) is 12.6 Å². The molecule has 3 aromatic rings. The second-order valence-electron chi connectivity index (χ2n) is 7.48. The fraction of sp³-hybridized carbons (Fsp3) is 0.409. The third-order valence-corrected chi connectivity index (χ3v) is 5.51. The molecule has 1 atom stereocenters. The van der Waals surface area contributed by atoms with Crippen LogP contribution in [0.25, 0.3) is 5.65 Å². The quantitative estimate of drug-likeness (QED) is 0.619. The lowest BCUT2D eigenvalue weighted by atomic mass is 9.95. The van der Waals surface area contributed by atoms with Crippen molar-refractivity contribution in [3.05, 3.63) is 53.0 Å². The van der Waals surface area contributed by atoms with Crippen LogP contribution in [0.1, 0.15) is 60.6 Å². The number of fused-ring (bicyclic) bond motifs is 1. The van der Waals surface area contributed by atoms with E-state index in [1.165, 1.54) is 10.6 Å². The Labute approximate surface area is 174 Å². The van der Waals surface area contributed by atoms with Crippen LogP contribution in [0.2, 0.25) is 0 Å². The highest BCUT2D eigenvalue weighted by molar-refractivity contribution is 6.00. The maximum atomic E-state index is 14.1. The highest BCUT2D eigenvalue weighted by atomic mass is 19.1.